The maximum Gasteiger partial charge on any atom is 0.224 e. The van der Waals surface area contributed by atoms with Crippen molar-refractivity contribution in [3.8, 4) is 0 Å². The number of amides is 1. The Kier molecular flexibility index (Phi) is 4.32. The summed E-state index contributed by atoms with van der Waals surface area (Å²) in [5, 5.41) is 3.07. The Hall–Kier alpha value is -1.00. The Bertz CT molecular complexity index is 463. The summed E-state index contributed by atoms with van der Waals surface area (Å²) in [5.74, 6) is 2.28. The molecule has 0 saturated heterocycles. The van der Waals surface area contributed by atoms with Crippen molar-refractivity contribution >= 4 is 17.7 Å². The molecule has 2 aliphatic carbocycles. The number of rotatable bonds is 5. The third-order valence-corrected chi connectivity index (χ3v) is 5.71. The number of nitrogens with one attached hydrogen (secondary N) is 1. The van der Waals surface area contributed by atoms with E-state index in [1.165, 1.54) is 17.7 Å². The first-order chi connectivity index (χ1) is 9.75. The fraction of sp³-hybridized carbons (Fsp3) is 0.562. The molecule has 0 spiro atoms. The number of carbonyl (C=O) groups excluding carboxylic acids is 1. The van der Waals surface area contributed by atoms with Gasteiger partial charge in [0, 0.05) is 23.2 Å². The topological polar surface area (TPSA) is 55.1 Å². The standard InChI is InChI=1S/C16H22N2OS/c17-15-12-7-6-11(10-12)14(15)16(19)18-8-9-20-13-4-2-1-3-5-13/h1-5,11-12,14-15H,6-10,17H2,(H,18,19). The van der Waals surface area contributed by atoms with Gasteiger partial charge in [-0.1, -0.05) is 18.2 Å². The fourth-order valence-electron chi connectivity index (χ4n) is 3.70. The van der Waals surface area contributed by atoms with Crippen molar-refractivity contribution in [3.63, 3.8) is 0 Å². The molecule has 0 aliphatic heterocycles. The number of hydrogen-bond acceptors (Lipinski definition) is 3. The normalized spacial score (nSPS) is 31.4. The second-order valence-corrected chi connectivity index (χ2v) is 7.06. The van der Waals surface area contributed by atoms with E-state index >= 15 is 0 Å². The van der Waals surface area contributed by atoms with Crippen molar-refractivity contribution < 1.29 is 4.79 Å². The number of hydrogen-bond donors (Lipinski definition) is 2. The van der Waals surface area contributed by atoms with Gasteiger partial charge in [-0.05, 0) is 43.2 Å². The monoisotopic (exact) mass is 290 g/mol. The third kappa shape index (κ3) is 2.86. The highest BCUT2D eigenvalue weighted by Crippen LogP contribution is 2.47. The van der Waals surface area contributed by atoms with Crippen molar-refractivity contribution in [2.24, 2.45) is 23.5 Å². The molecule has 0 aromatic heterocycles. The summed E-state index contributed by atoms with van der Waals surface area (Å²) in [7, 11) is 0. The van der Waals surface area contributed by atoms with Crippen molar-refractivity contribution in [1.82, 2.24) is 5.32 Å². The zero-order chi connectivity index (χ0) is 13.9. The Labute approximate surface area is 124 Å². The summed E-state index contributed by atoms with van der Waals surface area (Å²) in [5.41, 5.74) is 6.19. The van der Waals surface area contributed by atoms with Crippen molar-refractivity contribution in [2.75, 3.05) is 12.3 Å². The summed E-state index contributed by atoms with van der Waals surface area (Å²) in [6, 6.07) is 10.4. The van der Waals surface area contributed by atoms with Crippen molar-refractivity contribution in [2.45, 2.75) is 30.2 Å². The summed E-state index contributed by atoms with van der Waals surface area (Å²) in [6.07, 6.45) is 3.58. The molecule has 4 unspecified atom stereocenters. The van der Waals surface area contributed by atoms with Gasteiger partial charge in [-0.25, -0.2) is 0 Å². The highest BCUT2D eigenvalue weighted by molar-refractivity contribution is 7.99. The molecular formula is C16H22N2OS. The van der Waals surface area contributed by atoms with E-state index in [1.807, 2.05) is 18.2 Å². The molecule has 4 heteroatoms. The molecule has 1 aromatic rings. The average Bonchev–Trinajstić information content (AvgIpc) is 3.05. The van der Waals surface area contributed by atoms with Gasteiger partial charge in [-0.3, -0.25) is 4.79 Å². The maximum atomic E-state index is 12.3. The van der Waals surface area contributed by atoms with Crippen molar-refractivity contribution in [3.05, 3.63) is 30.3 Å². The Morgan fingerprint density at radius 3 is 2.70 bits per heavy atom. The summed E-state index contributed by atoms with van der Waals surface area (Å²) in [6.45, 7) is 0.721. The second-order valence-electron chi connectivity index (χ2n) is 5.89. The van der Waals surface area contributed by atoms with Gasteiger partial charge in [0.15, 0.2) is 0 Å². The van der Waals surface area contributed by atoms with E-state index < -0.39 is 0 Å². The third-order valence-electron chi connectivity index (χ3n) is 4.70. The lowest BCUT2D eigenvalue weighted by molar-refractivity contribution is -0.126. The number of benzene rings is 1. The van der Waals surface area contributed by atoms with Crippen LogP contribution in [0.1, 0.15) is 19.3 Å². The molecule has 1 aromatic carbocycles. The Morgan fingerprint density at radius 2 is 2.00 bits per heavy atom. The van der Waals surface area contributed by atoms with Crippen LogP contribution in [-0.2, 0) is 4.79 Å². The van der Waals surface area contributed by atoms with Gasteiger partial charge in [-0.2, -0.15) is 0 Å². The first-order valence-corrected chi connectivity index (χ1v) is 8.45. The number of nitrogens with two attached hydrogens (primary N) is 1. The lowest BCUT2D eigenvalue weighted by Gasteiger charge is -2.26. The first kappa shape index (κ1) is 14.0. The van der Waals surface area contributed by atoms with Crippen molar-refractivity contribution in [1.29, 1.82) is 0 Å². The van der Waals surface area contributed by atoms with Crippen LogP contribution >= 0.6 is 11.8 Å². The molecule has 20 heavy (non-hydrogen) atoms. The van der Waals surface area contributed by atoms with Crippen LogP contribution in [0.5, 0.6) is 0 Å². The second kappa shape index (κ2) is 6.19. The predicted octanol–water partition coefficient (Wildman–Crippen LogP) is 2.27. The molecule has 2 fully saturated rings. The lowest BCUT2D eigenvalue weighted by atomic mass is 9.84. The lowest BCUT2D eigenvalue weighted by Crippen LogP contribution is -2.45. The maximum absolute atomic E-state index is 12.3. The first-order valence-electron chi connectivity index (χ1n) is 7.47. The molecule has 108 valence electrons. The largest absolute Gasteiger partial charge is 0.355 e. The van der Waals surface area contributed by atoms with E-state index in [0.717, 1.165) is 18.7 Å². The zero-order valence-corrected chi connectivity index (χ0v) is 12.4. The average molecular weight is 290 g/mol. The van der Waals surface area contributed by atoms with E-state index in [-0.39, 0.29) is 17.9 Å². The number of thioether (sulfide) groups is 1. The van der Waals surface area contributed by atoms with E-state index in [1.54, 1.807) is 11.8 Å². The van der Waals surface area contributed by atoms with Crippen LogP contribution in [0.15, 0.2) is 35.2 Å². The Balaban J connectivity index is 1.42. The van der Waals surface area contributed by atoms with Gasteiger partial charge in [0.25, 0.3) is 0 Å². The molecule has 1 amide bonds. The highest BCUT2D eigenvalue weighted by atomic mass is 32.2. The smallest absolute Gasteiger partial charge is 0.224 e. The van der Waals surface area contributed by atoms with Gasteiger partial charge in [-0.15, -0.1) is 11.8 Å². The quantitative estimate of drug-likeness (QED) is 0.646. The molecule has 3 nitrogen and oxygen atoms in total. The SMILES string of the molecule is NC1C2CCC(C2)C1C(=O)NCCSc1ccccc1. The molecular weight excluding hydrogens is 268 g/mol. The van der Waals surface area contributed by atoms with Gasteiger partial charge < -0.3 is 11.1 Å². The van der Waals surface area contributed by atoms with E-state index in [9.17, 15) is 4.79 Å². The van der Waals surface area contributed by atoms with Gasteiger partial charge in [0.2, 0.25) is 5.91 Å². The summed E-state index contributed by atoms with van der Waals surface area (Å²) < 4.78 is 0. The molecule has 0 heterocycles. The van der Waals surface area contributed by atoms with Crippen LogP contribution in [0, 0.1) is 17.8 Å². The predicted molar refractivity (Wildman–Crippen MR) is 82.5 cm³/mol. The summed E-state index contributed by atoms with van der Waals surface area (Å²) in [4.78, 5) is 13.5. The number of fused-ring (bicyclic) bond motifs is 2. The molecule has 2 aliphatic rings. The molecule has 3 N–H and O–H groups in total. The van der Waals surface area contributed by atoms with E-state index in [4.69, 9.17) is 5.73 Å². The molecule has 0 radical (unpaired) electrons. The van der Waals surface area contributed by atoms with Crippen LogP contribution in [0.25, 0.3) is 0 Å². The zero-order valence-electron chi connectivity index (χ0n) is 11.6. The van der Waals surface area contributed by atoms with Crippen LogP contribution in [-0.4, -0.2) is 24.2 Å². The molecule has 2 bridgehead atoms. The molecule has 3 rings (SSSR count). The van der Waals surface area contributed by atoms with Gasteiger partial charge >= 0.3 is 0 Å². The van der Waals surface area contributed by atoms with Gasteiger partial charge in [0.05, 0.1) is 5.92 Å². The Morgan fingerprint density at radius 1 is 1.25 bits per heavy atom. The molecule has 4 atom stereocenters. The molecule has 2 saturated carbocycles. The fourth-order valence-corrected chi connectivity index (χ4v) is 4.49. The van der Waals surface area contributed by atoms with Crippen LogP contribution in [0.3, 0.4) is 0 Å². The van der Waals surface area contributed by atoms with Crippen LogP contribution in [0.2, 0.25) is 0 Å². The minimum absolute atomic E-state index is 0.0653. The van der Waals surface area contributed by atoms with E-state index in [2.05, 4.69) is 17.4 Å². The van der Waals surface area contributed by atoms with E-state index in [0.29, 0.717) is 11.8 Å². The van der Waals surface area contributed by atoms with Gasteiger partial charge in [0.1, 0.15) is 0 Å². The summed E-state index contributed by atoms with van der Waals surface area (Å²) >= 11 is 1.78. The number of carbonyl (C=O) groups is 1. The van der Waals surface area contributed by atoms with Crippen LogP contribution < -0.4 is 11.1 Å². The minimum atomic E-state index is 0.0653. The van der Waals surface area contributed by atoms with Crippen LogP contribution in [0.4, 0.5) is 0 Å². The minimum Gasteiger partial charge on any atom is -0.355 e. The highest BCUT2D eigenvalue weighted by Gasteiger charge is 2.48.